The van der Waals surface area contributed by atoms with Crippen molar-refractivity contribution in [2.24, 2.45) is 10.8 Å². The first kappa shape index (κ1) is 18.0. The average Bonchev–Trinajstić information content (AvgIpc) is 2.92. The molecule has 1 unspecified atom stereocenters. The van der Waals surface area contributed by atoms with Crippen molar-refractivity contribution < 1.29 is 4.21 Å². The van der Waals surface area contributed by atoms with Crippen molar-refractivity contribution in [3.8, 4) is 0 Å². The van der Waals surface area contributed by atoms with E-state index in [1.54, 1.807) is 6.26 Å². The molecule has 0 saturated heterocycles. The first-order valence-corrected chi connectivity index (χ1v) is 9.99. The van der Waals surface area contributed by atoms with Gasteiger partial charge in [0.05, 0.1) is 0 Å². The summed E-state index contributed by atoms with van der Waals surface area (Å²) >= 11 is 0. The van der Waals surface area contributed by atoms with E-state index in [1.807, 2.05) is 0 Å². The zero-order valence-corrected chi connectivity index (χ0v) is 15.5. The highest BCUT2D eigenvalue weighted by atomic mass is 32.2. The fourth-order valence-electron chi connectivity index (χ4n) is 3.35. The van der Waals surface area contributed by atoms with E-state index in [2.05, 4.69) is 51.7 Å². The van der Waals surface area contributed by atoms with Gasteiger partial charge in [-0.15, -0.1) is 0 Å². The van der Waals surface area contributed by atoms with Gasteiger partial charge in [-0.3, -0.25) is 4.21 Å². The van der Waals surface area contributed by atoms with Gasteiger partial charge in [0.1, 0.15) is 0 Å². The molecule has 1 rings (SSSR count). The minimum absolute atomic E-state index is 0.0745. The summed E-state index contributed by atoms with van der Waals surface area (Å²) in [5.41, 5.74) is 0.938. The minimum Gasteiger partial charge on any atom is -0.253 e. The maximum absolute atomic E-state index is 12.3. The molecule has 120 valence electrons. The van der Waals surface area contributed by atoms with Crippen molar-refractivity contribution >= 4 is 15.6 Å². The van der Waals surface area contributed by atoms with Crippen LogP contribution in [0.3, 0.4) is 0 Å². The van der Waals surface area contributed by atoms with Crippen LogP contribution in [0, 0.1) is 10.8 Å². The van der Waals surface area contributed by atoms with Gasteiger partial charge in [-0.05, 0) is 63.2 Å². The summed E-state index contributed by atoms with van der Waals surface area (Å²) in [5, 5.41) is 0. The van der Waals surface area contributed by atoms with Gasteiger partial charge in [-0.2, -0.15) is 0 Å². The normalized spacial score (nSPS) is 21.8. The molecule has 2 nitrogen and oxygen atoms in total. The Balaban J connectivity index is 2.48. The molecule has 0 radical (unpaired) electrons. The monoisotopic (exact) mass is 301 g/mol. The second-order valence-corrected chi connectivity index (χ2v) is 11.1. The summed E-state index contributed by atoms with van der Waals surface area (Å²) in [6.45, 7) is 14.4. The third kappa shape index (κ3) is 4.49. The van der Waals surface area contributed by atoms with Gasteiger partial charge in [0.15, 0.2) is 0 Å². The smallest absolute Gasteiger partial charge is 0.0250 e. The number of hydrogen-bond acceptors (Lipinski definition) is 1. The maximum Gasteiger partial charge on any atom is 0.0250 e. The van der Waals surface area contributed by atoms with E-state index in [9.17, 15) is 4.21 Å². The van der Waals surface area contributed by atoms with Crippen LogP contribution in [0.25, 0.3) is 0 Å². The lowest BCUT2D eigenvalue weighted by molar-refractivity contribution is 0.188. The zero-order valence-electron chi connectivity index (χ0n) is 14.7. The predicted octanol–water partition coefficient (Wildman–Crippen LogP) is 4.34. The van der Waals surface area contributed by atoms with Gasteiger partial charge in [0.2, 0.25) is 0 Å². The summed E-state index contributed by atoms with van der Waals surface area (Å²) in [6.07, 6.45) is 8.21. The predicted molar refractivity (Wildman–Crippen MR) is 92.6 cm³/mol. The van der Waals surface area contributed by atoms with Crippen LogP contribution < -0.4 is 0 Å². The molecular formula is C17H35NOS. The van der Waals surface area contributed by atoms with Crippen LogP contribution in [-0.2, 0) is 9.71 Å². The first-order chi connectivity index (χ1) is 8.80. The summed E-state index contributed by atoms with van der Waals surface area (Å²) in [7, 11) is -2.12. The lowest BCUT2D eigenvalue weighted by Crippen LogP contribution is -2.45. The molecule has 1 fully saturated rings. The molecule has 1 saturated carbocycles. The molecule has 1 atom stereocenters. The Morgan fingerprint density at radius 1 is 1.10 bits per heavy atom. The molecule has 0 aromatic heterocycles. The van der Waals surface area contributed by atoms with Gasteiger partial charge in [-0.1, -0.05) is 27.2 Å². The molecule has 20 heavy (non-hydrogen) atoms. The quantitative estimate of drug-likeness (QED) is 0.528. The summed E-state index contributed by atoms with van der Waals surface area (Å²) in [4.78, 5) is 0. The molecule has 0 amide bonds. The second kappa shape index (κ2) is 5.64. The van der Waals surface area contributed by atoms with Crippen molar-refractivity contribution in [1.29, 1.82) is 0 Å². The second-order valence-electron chi connectivity index (χ2n) is 8.72. The Hall–Kier alpha value is -0.0200. The fraction of sp³-hybridized carbons (Fsp3) is 0.941. The van der Waals surface area contributed by atoms with Crippen molar-refractivity contribution in [3.05, 3.63) is 0 Å². The third-order valence-electron chi connectivity index (χ3n) is 4.93. The van der Waals surface area contributed by atoms with Crippen LogP contribution in [0.4, 0.5) is 0 Å². The first-order valence-electron chi connectivity index (χ1n) is 7.90. The number of rotatable bonds is 6. The van der Waals surface area contributed by atoms with Crippen molar-refractivity contribution in [2.45, 2.75) is 79.2 Å². The number of nitrogens with zero attached hydrogens (tertiary/aromatic N) is 1. The highest BCUT2D eigenvalue weighted by molar-refractivity contribution is 7.97. The molecule has 0 aromatic carbocycles. The molecule has 0 heterocycles. The Morgan fingerprint density at radius 2 is 1.60 bits per heavy atom. The summed E-state index contributed by atoms with van der Waals surface area (Å²) < 4.78 is 14.4. The topological polar surface area (TPSA) is 20.3 Å². The van der Waals surface area contributed by atoms with E-state index in [4.69, 9.17) is 0 Å². The largest absolute Gasteiger partial charge is 0.253 e. The van der Waals surface area contributed by atoms with Crippen LogP contribution in [0.1, 0.15) is 73.6 Å². The molecule has 0 N–H and O–H groups in total. The van der Waals surface area contributed by atoms with E-state index >= 15 is 0 Å². The standard InChI is InChI=1S/C17H35NOS/c1-15(2,3)17(12-13-17)11-9-10-14-18(16(4,5)6)20(7,8)19/h7,9-14H2,1-6,8H3. The lowest BCUT2D eigenvalue weighted by Gasteiger charge is -2.37. The Kier molecular flexibility index (Phi) is 5.09. The van der Waals surface area contributed by atoms with Crippen LogP contribution >= 0.6 is 0 Å². The van der Waals surface area contributed by atoms with Crippen LogP contribution in [0.15, 0.2) is 0 Å². The average molecular weight is 302 g/mol. The highest BCUT2D eigenvalue weighted by Gasteiger charge is 2.50. The number of unbranched alkanes of at least 4 members (excludes halogenated alkanes) is 1. The van der Waals surface area contributed by atoms with E-state index in [0.717, 1.165) is 13.0 Å². The Morgan fingerprint density at radius 3 is 1.90 bits per heavy atom. The van der Waals surface area contributed by atoms with Gasteiger partial charge in [0, 0.05) is 28.0 Å². The molecule has 0 aliphatic heterocycles. The molecular weight excluding hydrogens is 266 g/mol. The van der Waals surface area contributed by atoms with E-state index < -0.39 is 9.71 Å². The van der Waals surface area contributed by atoms with E-state index in [1.165, 1.54) is 25.7 Å². The molecule has 1 aliphatic carbocycles. The molecule has 0 spiro atoms. The Bertz CT molecular complexity index is 419. The van der Waals surface area contributed by atoms with Crippen molar-refractivity contribution in [1.82, 2.24) is 4.31 Å². The molecule has 1 aliphatic rings. The van der Waals surface area contributed by atoms with Gasteiger partial charge >= 0.3 is 0 Å². The van der Waals surface area contributed by atoms with Gasteiger partial charge < -0.3 is 0 Å². The van der Waals surface area contributed by atoms with Crippen LogP contribution in [0.5, 0.6) is 0 Å². The molecule has 3 heteroatoms. The minimum atomic E-state index is -2.12. The van der Waals surface area contributed by atoms with E-state index in [-0.39, 0.29) is 5.54 Å². The summed E-state index contributed by atoms with van der Waals surface area (Å²) in [5.74, 6) is 3.87. The van der Waals surface area contributed by atoms with Crippen LogP contribution in [0.2, 0.25) is 0 Å². The van der Waals surface area contributed by atoms with Crippen LogP contribution in [-0.4, -0.2) is 32.7 Å². The SMILES string of the molecule is C=S(C)(=O)N(CCCCC1(C(C)(C)C)CC1)C(C)(C)C. The fourth-order valence-corrected chi connectivity index (χ4v) is 5.03. The maximum atomic E-state index is 12.3. The summed E-state index contributed by atoms with van der Waals surface area (Å²) in [6, 6.07) is 0. The van der Waals surface area contributed by atoms with Gasteiger partial charge in [-0.25, -0.2) is 4.31 Å². The third-order valence-corrected chi connectivity index (χ3v) is 6.59. The molecule has 0 bridgehead atoms. The van der Waals surface area contributed by atoms with E-state index in [0.29, 0.717) is 10.8 Å². The van der Waals surface area contributed by atoms with Gasteiger partial charge in [0.25, 0.3) is 0 Å². The Labute approximate surface area is 127 Å². The lowest BCUT2D eigenvalue weighted by atomic mass is 9.75. The highest BCUT2D eigenvalue weighted by Crippen LogP contribution is 2.61. The van der Waals surface area contributed by atoms with Crippen molar-refractivity contribution in [3.63, 3.8) is 0 Å². The van der Waals surface area contributed by atoms with Crippen molar-refractivity contribution in [2.75, 3.05) is 12.8 Å². The zero-order chi connectivity index (χ0) is 15.8. The molecule has 0 aromatic rings. The number of hydrogen-bond donors (Lipinski definition) is 0.